The van der Waals surface area contributed by atoms with Gasteiger partial charge in [0, 0.05) is 12.1 Å². The van der Waals surface area contributed by atoms with Crippen LogP contribution in [0.25, 0.3) is 11.0 Å². The molecule has 0 spiro atoms. The van der Waals surface area contributed by atoms with Crippen LogP contribution in [-0.2, 0) is 12.2 Å². The number of hydrogen-bond acceptors (Lipinski definition) is 6. The van der Waals surface area contributed by atoms with E-state index in [1.807, 2.05) is 38.1 Å². The first-order chi connectivity index (χ1) is 14.4. The van der Waals surface area contributed by atoms with Gasteiger partial charge in [0.05, 0.1) is 5.39 Å². The SMILES string of the molecule is Cc1ccc(C2(F)CC(c3noc(Cn4cnc5nccc(C)c5c4=O)n3)C2)cc1. The monoisotopic (exact) mass is 405 g/mol. The van der Waals surface area contributed by atoms with Crippen molar-refractivity contribution in [2.24, 2.45) is 0 Å². The third-order valence-corrected chi connectivity index (χ3v) is 5.80. The molecule has 0 amide bonds. The molecule has 0 bridgehead atoms. The smallest absolute Gasteiger partial charge is 0.263 e. The van der Waals surface area contributed by atoms with Crippen molar-refractivity contribution < 1.29 is 8.91 Å². The quantitative estimate of drug-likeness (QED) is 0.516. The Labute approximate surface area is 171 Å². The van der Waals surface area contributed by atoms with Crippen molar-refractivity contribution in [1.29, 1.82) is 0 Å². The van der Waals surface area contributed by atoms with E-state index in [0.29, 0.717) is 41.2 Å². The van der Waals surface area contributed by atoms with Gasteiger partial charge in [-0.25, -0.2) is 14.4 Å². The summed E-state index contributed by atoms with van der Waals surface area (Å²) in [6.45, 7) is 3.93. The second-order valence-corrected chi connectivity index (χ2v) is 7.99. The fourth-order valence-electron chi connectivity index (χ4n) is 3.97. The van der Waals surface area contributed by atoms with Crippen LogP contribution in [-0.4, -0.2) is 24.7 Å². The molecule has 0 N–H and O–H groups in total. The Bertz CT molecular complexity index is 1290. The van der Waals surface area contributed by atoms with Crippen LogP contribution in [0.5, 0.6) is 0 Å². The maximum atomic E-state index is 15.2. The molecular formula is C22H20FN5O2. The van der Waals surface area contributed by atoms with Gasteiger partial charge in [-0.05, 0) is 43.9 Å². The van der Waals surface area contributed by atoms with Gasteiger partial charge in [0.1, 0.15) is 18.5 Å². The van der Waals surface area contributed by atoms with Gasteiger partial charge in [-0.2, -0.15) is 4.98 Å². The van der Waals surface area contributed by atoms with E-state index in [9.17, 15) is 4.79 Å². The molecule has 7 nitrogen and oxygen atoms in total. The van der Waals surface area contributed by atoms with Gasteiger partial charge in [-0.3, -0.25) is 9.36 Å². The highest BCUT2D eigenvalue weighted by molar-refractivity contribution is 5.76. The zero-order chi connectivity index (χ0) is 20.9. The Kier molecular flexibility index (Phi) is 4.23. The minimum Gasteiger partial charge on any atom is -0.337 e. The molecule has 3 aromatic heterocycles. The molecule has 0 radical (unpaired) electrons. The highest BCUT2D eigenvalue weighted by Crippen LogP contribution is 2.53. The summed E-state index contributed by atoms with van der Waals surface area (Å²) >= 11 is 0. The molecule has 8 heteroatoms. The highest BCUT2D eigenvalue weighted by atomic mass is 19.1. The number of nitrogens with zero attached hydrogens (tertiary/aromatic N) is 5. The first-order valence-electron chi connectivity index (χ1n) is 9.82. The molecule has 0 aliphatic heterocycles. The van der Waals surface area contributed by atoms with E-state index in [-0.39, 0.29) is 18.0 Å². The summed E-state index contributed by atoms with van der Waals surface area (Å²) in [4.78, 5) is 25.5. The van der Waals surface area contributed by atoms with Crippen LogP contribution in [0.1, 0.15) is 47.2 Å². The standard InChI is InChI=1S/C22H20FN5O2/c1-13-3-5-16(6-4-13)22(23)9-15(10-22)19-26-17(30-27-19)11-28-12-25-20-18(21(28)29)14(2)7-8-24-20/h3-8,12,15H,9-11H2,1-2H3. The third-order valence-electron chi connectivity index (χ3n) is 5.80. The molecule has 1 fully saturated rings. The molecule has 1 aliphatic rings. The lowest BCUT2D eigenvalue weighted by molar-refractivity contribution is 0.0336. The van der Waals surface area contributed by atoms with E-state index < -0.39 is 5.67 Å². The van der Waals surface area contributed by atoms with Crippen molar-refractivity contribution in [3.8, 4) is 0 Å². The molecule has 30 heavy (non-hydrogen) atoms. The topological polar surface area (TPSA) is 86.7 Å². The number of hydrogen-bond donors (Lipinski definition) is 0. The summed E-state index contributed by atoms with van der Waals surface area (Å²) in [5, 5.41) is 4.49. The van der Waals surface area contributed by atoms with E-state index >= 15 is 4.39 Å². The maximum absolute atomic E-state index is 15.2. The number of aromatic nitrogens is 5. The molecule has 1 aliphatic carbocycles. The van der Waals surface area contributed by atoms with Crippen LogP contribution in [0.3, 0.4) is 0 Å². The molecular weight excluding hydrogens is 385 g/mol. The number of alkyl halides is 1. The summed E-state index contributed by atoms with van der Waals surface area (Å²) in [6, 6.07) is 9.28. The van der Waals surface area contributed by atoms with Crippen molar-refractivity contribution in [3.63, 3.8) is 0 Å². The lowest BCUT2D eigenvalue weighted by atomic mass is 9.68. The van der Waals surface area contributed by atoms with E-state index in [1.165, 1.54) is 10.9 Å². The van der Waals surface area contributed by atoms with Crippen molar-refractivity contribution in [1.82, 2.24) is 24.7 Å². The summed E-state index contributed by atoms with van der Waals surface area (Å²) in [5.41, 5.74) is 1.44. The Morgan fingerprint density at radius 2 is 1.93 bits per heavy atom. The van der Waals surface area contributed by atoms with Crippen LogP contribution in [0.2, 0.25) is 0 Å². The summed E-state index contributed by atoms with van der Waals surface area (Å²) in [6.07, 6.45) is 3.68. The number of fused-ring (bicyclic) bond motifs is 1. The van der Waals surface area contributed by atoms with Gasteiger partial charge >= 0.3 is 0 Å². The number of halogens is 1. The lowest BCUT2D eigenvalue weighted by Gasteiger charge is -2.40. The predicted octanol–water partition coefficient (Wildman–Crippen LogP) is 3.58. The zero-order valence-corrected chi connectivity index (χ0v) is 16.7. The minimum absolute atomic E-state index is 0.105. The van der Waals surface area contributed by atoms with Crippen molar-refractivity contribution in [2.45, 2.75) is 44.8 Å². The van der Waals surface area contributed by atoms with Crippen LogP contribution in [0.4, 0.5) is 4.39 Å². The molecule has 1 aromatic carbocycles. The van der Waals surface area contributed by atoms with Crippen LogP contribution >= 0.6 is 0 Å². The van der Waals surface area contributed by atoms with Gasteiger partial charge in [0.25, 0.3) is 5.56 Å². The maximum Gasteiger partial charge on any atom is 0.263 e. The van der Waals surface area contributed by atoms with Gasteiger partial charge in [-0.1, -0.05) is 35.0 Å². The molecule has 5 rings (SSSR count). The fourth-order valence-corrected chi connectivity index (χ4v) is 3.97. The highest BCUT2D eigenvalue weighted by Gasteiger charge is 2.48. The predicted molar refractivity (Wildman–Crippen MR) is 108 cm³/mol. The van der Waals surface area contributed by atoms with E-state index in [4.69, 9.17) is 4.52 Å². The van der Waals surface area contributed by atoms with Crippen molar-refractivity contribution in [2.75, 3.05) is 0 Å². The van der Waals surface area contributed by atoms with E-state index in [2.05, 4.69) is 20.1 Å². The molecule has 0 saturated heterocycles. The average Bonchev–Trinajstić information content (AvgIpc) is 3.16. The average molecular weight is 405 g/mol. The Hall–Kier alpha value is -3.42. The third kappa shape index (κ3) is 3.08. The van der Waals surface area contributed by atoms with Gasteiger partial charge < -0.3 is 4.52 Å². The Morgan fingerprint density at radius 1 is 1.17 bits per heavy atom. The van der Waals surface area contributed by atoms with Gasteiger partial charge in [-0.15, -0.1) is 0 Å². The second-order valence-electron chi connectivity index (χ2n) is 7.99. The summed E-state index contributed by atoms with van der Waals surface area (Å²) in [5.74, 6) is 0.665. The zero-order valence-electron chi connectivity index (χ0n) is 16.7. The van der Waals surface area contributed by atoms with E-state index in [0.717, 1.165) is 11.1 Å². The minimum atomic E-state index is -1.36. The molecule has 0 unspecified atom stereocenters. The lowest BCUT2D eigenvalue weighted by Crippen LogP contribution is -2.36. The first kappa shape index (κ1) is 18.6. The summed E-state index contributed by atoms with van der Waals surface area (Å²) in [7, 11) is 0. The normalized spacial score (nSPS) is 21.0. The molecule has 3 heterocycles. The second kappa shape index (κ2) is 6.83. The Morgan fingerprint density at radius 3 is 2.70 bits per heavy atom. The van der Waals surface area contributed by atoms with Crippen molar-refractivity contribution in [3.05, 3.63) is 81.6 Å². The Balaban J connectivity index is 1.33. The molecule has 0 atom stereocenters. The van der Waals surface area contributed by atoms with Gasteiger partial charge in [0.15, 0.2) is 11.5 Å². The van der Waals surface area contributed by atoms with Crippen LogP contribution in [0.15, 0.2) is 52.2 Å². The van der Waals surface area contributed by atoms with Crippen LogP contribution < -0.4 is 5.56 Å². The number of pyridine rings is 1. The van der Waals surface area contributed by atoms with Gasteiger partial charge in [0.2, 0.25) is 5.89 Å². The number of benzene rings is 1. The summed E-state index contributed by atoms with van der Waals surface area (Å²) < 4.78 is 21.9. The number of rotatable bonds is 4. The molecule has 4 aromatic rings. The van der Waals surface area contributed by atoms with Crippen LogP contribution in [0, 0.1) is 13.8 Å². The fraction of sp³-hybridized carbons (Fsp3) is 0.318. The molecule has 152 valence electrons. The van der Waals surface area contributed by atoms with Crippen molar-refractivity contribution >= 4 is 11.0 Å². The van der Waals surface area contributed by atoms with E-state index in [1.54, 1.807) is 12.3 Å². The first-order valence-corrected chi connectivity index (χ1v) is 9.82. The largest absolute Gasteiger partial charge is 0.337 e. The number of aryl methyl sites for hydroxylation is 2. The molecule has 1 saturated carbocycles.